The number of phenolic OH excluding ortho intramolecular Hbond substituents is 1. The molecule has 0 aromatic heterocycles. The summed E-state index contributed by atoms with van der Waals surface area (Å²) in [5.74, 6) is 0.503. The number of fused-ring (bicyclic) bond motifs is 1. The van der Waals surface area contributed by atoms with Crippen molar-refractivity contribution in [3.8, 4) is 5.75 Å². The summed E-state index contributed by atoms with van der Waals surface area (Å²) >= 11 is 0.624. The van der Waals surface area contributed by atoms with Crippen LogP contribution in [0.3, 0.4) is 0 Å². The van der Waals surface area contributed by atoms with Gasteiger partial charge >= 0.3 is 85.0 Å². The van der Waals surface area contributed by atoms with Crippen LogP contribution in [0.2, 0.25) is 4.82 Å². The molecule has 1 N–H and O–H groups in total. The van der Waals surface area contributed by atoms with Crippen LogP contribution < -0.4 is 4.46 Å². The molecule has 13 heavy (non-hydrogen) atoms. The summed E-state index contributed by atoms with van der Waals surface area (Å²) in [6, 6.07) is 2.17. The first kappa shape index (κ1) is 9.11. The van der Waals surface area contributed by atoms with E-state index in [0.29, 0.717) is 20.7 Å². The molecule has 0 fully saturated rings. The van der Waals surface area contributed by atoms with E-state index in [-0.39, 0.29) is 0 Å². The summed E-state index contributed by atoms with van der Waals surface area (Å²) in [7, 11) is 0. The predicted molar refractivity (Wildman–Crippen MR) is 56.1 cm³/mol. The van der Waals surface area contributed by atoms with Crippen molar-refractivity contribution < 1.29 is 5.11 Å². The number of rotatable bonds is 0. The van der Waals surface area contributed by atoms with E-state index in [4.69, 9.17) is 0 Å². The van der Waals surface area contributed by atoms with E-state index in [1.165, 1.54) is 10.0 Å². The van der Waals surface area contributed by atoms with E-state index in [0.717, 1.165) is 22.4 Å². The summed E-state index contributed by atoms with van der Waals surface area (Å²) < 4.78 is 1.51. The minimum absolute atomic E-state index is 0.503. The average molecular weight is 241 g/mol. The van der Waals surface area contributed by atoms with Crippen LogP contribution in [0, 0.1) is 13.8 Å². The van der Waals surface area contributed by atoms with E-state index < -0.39 is 0 Å². The fraction of sp³-hybridized carbons (Fsp3) is 0.455. The van der Waals surface area contributed by atoms with Gasteiger partial charge in [0.15, 0.2) is 0 Å². The van der Waals surface area contributed by atoms with Crippen molar-refractivity contribution in [2.45, 2.75) is 32.0 Å². The molecule has 0 saturated heterocycles. The van der Waals surface area contributed by atoms with Crippen LogP contribution in [0.5, 0.6) is 5.75 Å². The van der Waals surface area contributed by atoms with E-state index in [2.05, 4.69) is 13.0 Å². The number of phenols is 1. The number of aromatic hydroxyl groups is 1. The summed E-state index contributed by atoms with van der Waals surface area (Å²) in [6.07, 6.45) is 1.16. The van der Waals surface area contributed by atoms with Gasteiger partial charge in [-0.2, -0.15) is 0 Å². The maximum atomic E-state index is 9.76. The third-order valence-corrected chi connectivity index (χ3v) is 5.14. The number of hydrogen-bond acceptors (Lipinski definition) is 1. The first-order chi connectivity index (χ1) is 6.09. The molecule has 0 aliphatic carbocycles. The summed E-state index contributed by atoms with van der Waals surface area (Å²) in [6.45, 7) is 6.32. The van der Waals surface area contributed by atoms with Gasteiger partial charge in [0.25, 0.3) is 0 Å². The molecule has 1 unspecified atom stereocenters. The minimum atomic E-state index is 0.503. The monoisotopic (exact) mass is 242 g/mol. The molecule has 1 nitrogen and oxygen atoms in total. The van der Waals surface area contributed by atoms with Gasteiger partial charge in [-0.15, -0.1) is 0 Å². The molecule has 0 spiro atoms. The first-order valence-corrected chi connectivity index (χ1v) is 6.43. The molecule has 2 heteroatoms. The number of benzene rings is 1. The summed E-state index contributed by atoms with van der Waals surface area (Å²) in [4.78, 5) is 0.808. The third kappa shape index (κ3) is 1.38. The third-order valence-electron chi connectivity index (χ3n) is 2.65. The quantitative estimate of drug-likeness (QED) is 0.685. The molecular weight excluding hydrogens is 227 g/mol. The summed E-state index contributed by atoms with van der Waals surface area (Å²) in [5, 5.41) is 9.76. The van der Waals surface area contributed by atoms with Gasteiger partial charge in [-0.05, 0) is 0 Å². The zero-order chi connectivity index (χ0) is 9.59. The normalized spacial score (nSPS) is 20.4. The standard InChI is InChI=1S/C11H14OSe/c1-6-4-10-9(5-7(2)13-10)8(3)11(6)12/h4,7,12H,5H2,1-3H3. The van der Waals surface area contributed by atoms with Crippen LogP contribution in [0.25, 0.3) is 0 Å². The van der Waals surface area contributed by atoms with Gasteiger partial charge in [0.1, 0.15) is 0 Å². The van der Waals surface area contributed by atoms with Gasteiger partial charge < -0.3 is 0 Å². The van der Waals surface area contributed by atoms with Gasteiger partial charge in [-0.25, -0.2) is 0 Å². The molecule has 1 heterocycles. The van der Waals surface area contributed by atoms with Crippen molar-refractivity contribution in [1.82, 2.24) is 0 Å². The average Bonchev–Trinajstić information content (AvgIpc) is 2.42. The Morgan fingerprint density at radius 3 is 2.85 bits per heavy atom. The van der Waals surface area contributed by atoms with Crippen molar-refractivity contribution in [3.63, 3.8) is 0 Å². The number of hydrogen-bond donors (Lipinski definition) is 1. The molecule has 1 aromatic carbocycles. The predicted octanol–water partition coefficient (Wildman–Crippen LogP) is 1.70. The van der Waals surface area contributed by atoms with E-state index in [1.54, 1.807) is 0 Å². The van der Waals surface area contributed by atoms with Crippen LogP contribution in [-0.4, -0.2) is 20.1 Å². The van der Waals surface area contributed by atoms with E-state index in [1.807, 2.05) is 13.8 Å². The van der Waals surface area contributed by atoms with Crippen molar-refractivity contribution in [3.05, 3.63) is 22.8 Å². The molecule has 0 radical (unpaired) electrons. The van der Waals surface area contributed by atoms with Gasteiger partial charge in [0.05, 0.1) is 0 Å². The fourth-order valence-corrected chi connectivity index (χ4v) is 4.62. The van der Waals surface area contributed by atoms with Crippen LogP contribution in [-0.2, 0) is 6.42 Å². The van der Waals surface area contributed by atoms with Crippen LogP contribution in [0.15, 0.2) is 6.07 Å². The first-order valence-electron chi connectivity index (χ1n) is 4.58. The van der Waals surface area contributed by atoms with Crippen molar-refractivity contribution in [2.24, 2.45) is 0 Å². The van der Waals surface area contributed by atoms with E-state index in [9.17, 15) is 5.11 Å². The Morgan fingerprint density at radius 1 is 1.46 bits per heavy atom. The van der Waals surface area contributed by atoms with Gasteiger partial charge in [-0.3, -0.25) is 0 Å². The van der Waals surface area contributed by atoms with Crippen molar-refractivity contribution in [1.29, 1.82) is 0 Å². The van der Waals surface area contributed by atoms with Gasteiger partial charge in [-0.1, -0.05) is 0 Å². The van der Waals surface area contributed by atoms with E-state index >= 15 is 0 Å². The molecule has 2 rings (SSSR count). The van der Waals surface area contributed by atoms with Crippen molar-refractivity contribution >= 4 is 19.4 Å². The second-order valence-corrected chi connectivity index (χ2v) is 6.88. The molecule has 0 saturated carbocycles. The Morgan fingerprint density at radius 2 is 2.15 bits per heavy atom. The van der Waals surface area contributed by atoms with Crippen molar-refractivity contribution in [2.75, 3.05) is 0 Å². The van der Waals surface area contributed by atoms with Gasteiger partial charge in [0.2, 0.25) is 0 Å². The second kappa shape index (κ2) is 3.04. The van der Waals surface area contributed by atoms with Gasteiger partial charge in [0, 0.05) is 0 Å². The molecule has 0 bridgehead atoms. The Balaban J connectivity index is 2.60. The Kier molecular flexibility index (Phi) is 2.13. The molecule has 1 aliphatic rings. The Hall–Kier alpha value is -0.461. The SMILES string of the molecule is Cc1cc2c(c(C)c1O)CC(C)[Se]2. The van der Waals surface area contributed by atoms with Crippen LogP contribution in [0.1, 0.15) is 23.6 Å². The number of aryl methyl sites for hydroxylation is 1. The second-order valence-electron chi connectivity index (χ2n) is 3.78. The molecule has 0 amide bonds. The van der Waals surface area contributed by atoms with Crippen LogP contribution >= 0.6 is 0 Å². The molecule has 1 atom stereocenters. The zero-order valence-corrected chi connectivity index (χ0v) is 9.93. The fourth-order valence-electron chi connectivity index (χ4n) is 1.88. The molecular formula is C11H14OSe. The maximum absolute atomic E-state index is 9.76. The summed E-state index contributed by atoms with van der Waals surface area (Å²) in [5.41, 5.74) is 3.56. The molecule has 1 aliphatic heterocycles. The molecule has 1 aromatic rings. The van der Waals surface area contributed by atoms with Crippen LogP contribution in [0.4, 0.5) is 0 Å². The topological polar surface area (TPSA) is 20.2 Å². The molecule has 70 valence electrons. The zero-order valence-electron chi connectivity index (χ0n) is 8.22. The Bertz CT molecular complexity index is 358. The Labute approximate surface area is 85.3 Å².